The Morgan fingerprint density at radius 3 is 2.07 bits per heavy atom. The molecule has 0 aliphatic carbocycles. The highest BCUT2D eigenvalue weighted by atomic mass is 16.1. The maximum atomic E-state index is 11.1. The second-order valence-electron chi connectivity index (χ2n) is 3.23. The van der Waals surface area contributed by atoms with E-state index in [0.717, 1.165) is 5.69 Å². The fourth-order valence-corrected chi connectivity index (χ4v) is 1.16. The number of para-hydroxylation sites is 1. The van der Waals surface area contributed by atoms with Gasteiger partial charge in [-0.05, 0) is 26.0 Å². The van der Waals surface area contributed by atoms with Gasteiger partial charge >= 0.3 is 0 Å². The van der Waals surface area contributed by atoms with Crippen LogP contribution in [0.25, 0.3) is 0 Å². The molecule has 1 unspecified atom stereocenters. The van der Waals surface area contributed by atoms with Crippen LogP contribution in [0.4, 0.5) is 5.69 Å². The predicted octanol–water partition coefficient (Wildman–Crippen LogP) is 3.13. The highest BCUT2D eigenvalue weighted by molar-refractivity contribution is 5.84. The van der Waals surface area contributed by atoms with Gasteiger partial charge in [0.25, 0.3) is 0 Å². The largest absolute Gasteiger partial charge is 0.365 e. The number of ketones is 1. The van der Waals surface area contributed by atoms with E-state index in [2.05, 4.69) is 0 Å². The molecule has 0 saturated heterocycles. The monoisotopic (exact) mass is 207 g/mol. The molecule has 2 nitrogen and oxygen atoms in total. The minimum atomic E-state index is -0.0533. The Hall–Kier alpha value is -1.31. The van der Waals surface area contributed by atoms with Crippen molar-refractivity contribution in [1.29, 1.82) is 0 Å². The molecule has 0 saturated carbocycles. The highest BCUT2D eigenvalue weighted by Crippen LogP contribution is 2.13. The number of carbonyl (C=O) groups excluding carboxylic acids is 1. The molecule has 1 aromatic rings. The molecule has 0 amide bonds. The van der Waals surface area contributed by atoms with E-state index in [1.807, 2.05) is 63.1 Å². The lowest BCUT2D eigenvalue weighted by molar-refractivity contribution is -0.117. The van der Waals surface area contributed by atoms with Crippen LogP contribution in [-0.2, 0) is 4.79 Å². The molecule has 0 spiro atoms. The first-order chi connectivity index (χ1) is 7.13. The summed E-state index contributed by atoms with van der Waals surface area (Å²) in [6.45, 7) is 7.53. The molecule has 84 valence electrons. The molecule has 15 heavy (non-hydrogen) atoms. The van der Waals surface area contributed by atoms with Gasteiger partial charge in [-0.2, -0.15) is 0 Å². The molecule has 0 aromatic heterocycles. The third kappa shape index (κ3) is 4.15. The maximum absolute atomic E-state index is 11.1. The molecule has 1 rings (SSSR count). The van der Waals surface area contributed by atoms with Gasteiger partial charge in [-0.3, -0.25) is 4.79 Å². The summed E-state index contributed by atoms with van der Waals surface area (Å²) >= 11 is 0. The van der Waals surface area contributed by atoms with E-state index in [0.29, 0.717) is 0 Å². The summed E-state index contributed by atoms with van der Waals surface area (Å²) < 4.78 is 0. The zero-order valence-corrected chi connectivity index (χ0v) is 10.3. The summed E-state index contributed by atoms with van der Waals surface area (Å²) in [5, 5.41) is 0. The summed E-state index contributed by atoms with van der Waals surface area (Å²) in [5.41, 5.74) is 1.07. The minimum absolute atomic E-state index is 0.0533. The standard InChI is InChI=1S/C11H15NO.C2H6/c1-9(10(2)13)12(3)11-7-5-4-6-8-11;1-2/h4-9H,1-3H3;1-2H3. The van der Waals surface area contributed by atoms with E-state index in [4.69, 9.17) is 0 Å². The first kappa shape index (κ1) is 13.7. The minimum Gasteiger partial charge on any atom is -0.365 e. The van der Waals surface area contributed by atoms with Crippen LogP contribution in [0.1, 0.15) is 27.7 Å². The molecule has 2 heteroatoms. The number of nitrogens with zero attached hydrogens (tertiary/aromatic N) is 1. The SMILES string of the molecule is CC.CC(=O)C(C)N(C)c1ccccc1. The van der Waals surface area contributed by atoms with Crippen LogP contribution in [0.3, 0.4) is 0 Å². The average molecular weight is 207 g/mol. The van der Waals surface area contributed by atoms with Crippen LogP contribution in [0.5, 0.6) is 0 Å². The number of hydrogen-bond donors (Lipinski definition) is 0. The molecule has 0 bridgehead atoms. The van der Waals surface area contributed by atoms with Crippen molar-refractivity contribution in [1.82, 2.24) is 0 Å². The summed E-state index contributed by atoms with van der Waals surface area (Å²) in [4.78, 5) is 13.1. The number of hydrogen-bond acceptors (Lipinski definition) is 2. The van der Waals surface area contributed by atoms with Gasteiger partial charge in [-0.1, -0.05) is 32.0 Å². The topological polar surface area (TPSA) is 20.3 Å². The Labute approximate surface area is 92.9 Å². The van der Waals surface area contributed by atoms with E-state index in [1.165, 1.54) is 0 Å². The van der Waals surface area contributed by atoms with E-state index in [-0.39, 0.29) is 11.8 Å². The van der Waals surface area contributed by atoms with E-state index < -0.39 is 0 Å². The van der Waals surface area contributed by atoms with Gasteiger partial charge in [0.15, 0.2) is 5.78 Å². The second kappa shape index (κ2) is 7.04. The van der Waals surface area contributed by atoms with Gasteiger partial charge in [-0.25, -0.2) is 0 Å². The molecule has 0 N–H and O–H groups in total. The summed E-state index contributed by atoms with van der Waals surface area (Å²) in [6.07, 6.45) is 0. The first-order valence-corrected chi connectivity index (χ1v) is 5.41. The fourth-order valence-electron chi connectivity index (χ4n) is 1.16. The van der Waals surface area contributed by atoms with Gasteiger partial charge in [0, 0.05) is 12.7 Å². The normalized spacial score (nSPS) is 11.0. The van der Waals surface area contributed by atoms with Crippen LogP contribution < -0.4 is 4.90 Å². The Bertz CT molecular complexity index is 282. The van der Waals surface area contributed by atoms with E-state index >= 15 is 0 Å². The van der Waals surface area contributed by atoms with Crippen molar-refractivity contribution in [2.24, 2.45) is 0 Å². The summed E-state index contributed by atoms with van der Waals surface area (Å²) in [6, 6.07) is 9.86. The zero-order chi connectivity index (χ0) is 11.8. The van der Waals surface area contributed by atoms with Crippen molar-refractivity contribution < 1.29 is 4.79 Å². The van der Waals surface area contributed by atoms with Gasteiger partial charge in [0.1, 0.15) is 0 Å². The Morgan fingerprint density at radius 1 is 1.20 bits per heavy atom. The number of carbonyl (C=O) groups is 1. The van der Waals surface area contributed by atoms with Crippen molar-refractivity contribution in [2.75, 3.05) is 11.9 Å². The zero-order valence-electron chi connectivity index (χ0n) is 10.3. The van der Waals surface area contributed by atoms with Crippen molar-refractivity contribution in [3.8, 4) is 0 Å². The molecule has 0 radical (unpaired) electrons. The third-order valence-electron chi connectivity index (χ3n) is 2.33. The Kier molecular flexibility index (Phi) is 6.43. The molecule has 0 aliphatic rings. The van der Waals surface area contributed by atoms with Gasteiger partial charge < -0.3 is 4.90 Å². The van der Waals surface area contributed by atoms with Crippen LogP contribution in [0.15, 0.2) is 30.3 Å². The van der Waals surface area contributed by atoms with Crippen LogP contribution in [-0.4, -0.2) is 18.9 Å². The average Bonchev–Trinajstić information content (AvgIpc) is 2.31. The van der Waals surface area contributed by atoms with Crippen molar-refractivity contribution in [2.45, 2.75) is 33.7 Å². The smallest absolute Gasteiger partial charge is 0.151 e. The van der Waals surface area contributed by atoms with E-state index in [9.17, 15) is 4.79 Å². The summed E-state index contributed by atoms with van der Waals surface area (Å²) in [7, 11) is 1.93. The molecule has 0 fully saturated rings. The quantitative estimate of drug-likeness (QED) is 0.759. The molecule has 0 heterocycles. The summed E-state index contributed by atoms with van der Waals surface area (Å²) in [5.74, 6) is 0.186. The lowest BCUT2D eigenvalue weighted by Crippen LogP contribution is -2.34. The van der Waals surface area contributed by atoms with Crippen LogP contribution in [0, 0.1) is 0 Å². The predicted molar refractivity (Wildman–Crippen MR) is 66.3 cm³/mol. The molecular weight excluding hydrogens is 186 g/mol. The van der Waals surface area contributed by atoms with Crippen LogP contribution in [0.2, 0.25) is 0 Å². The molecular formula is C13H21NO. The first-order valence-electron chi connectivity index (χ1n) is 5.41. The third-order valence-corrected chi connectivity index (χ3v) is 2.33. The number of rotatable bonds is 3. The Morgan fingerprint density at radius 2 is 1.67 bits per heavy atom. The lowest BCUT2D eigenvalue weighted by Gasteiger charge is -2.24. The van der Waals surface area contributed by atoms with Gasteiger partial charge in [0.2, 0.25) is 0 Å². The van der Waals surface area contributed by atoms with Crippen molar-refractivity contribution in [3.63, 3.8) is 0 Å². The van der Waals surface area contributed by atoms with Gasteiger partial charge in [-0.15, -0.1) is 0 Å². The van der Waals surface area contributed by atoms with Crippen LogP contribution >= 0.6 is 0 Å². The second-order valence-corrected chi connectivity index (χ2v) is 3.23. The molecule has 1 atom stereocenters. The molecule has 0 aliphatic heterocycles. The van der Waals surface area contributed by atoms with E-state index in [1.54, 1.807) is 6.92 Å². The number of benzene rings is 1. The fraction of sp³-hybridized carbons (Fsp3) is 0.462. The lowest BCUT2D eigenvalue weighted by atomic mass is 10.2. The highest BCUT2D eigenvalue weighted by Gasteiger charge is 2.13. The Balaban J connectivity index is 0.000000921. The maximum Gasteiger partial charge on any atom is 0.151 e. The molecule has 1 aromatic carbocycles. The van der Waals surface area contributed by atoms with Crippen molar-refractivity contribution in [3.05, 3.63) is 30.3 Å². The van der Waals surface area contributed by atoms with Crippen molar-refractivity contribution >= 4 is 11.5 Å². The number of Topliss-reactive ketones (excluding diaryl/α,β-unsaturated/α-hetero) is 1. The number of anilines is 1. The number of likely N-dealkylation sites (N-methyl/N-ethyl adjacent to an activating group) is 1. The van der Waals surface area contributed by atoms with Gasteiger partial charge in [0.05, 0.1) is 6.04 Å².